The molecule has 19 heavy (non-hydrogen) atoms. The molecule has 0 saturated heterocycles. The lowest BCUT2D eigenvalue weighted by Gasteiger charge is -2.18. The summed E-state index contributed by atoms with van der Waals surface area (Å²) in [5, 5.41) is 3.35. The predicted octanol–water partition coefficient (Wildman–Crippen LogP) is 3.30. The molecule has 1 fully saturated rings. The average molecular weight is 260 g/mol. The third-order valence-electron chi connectivity index (χ3n) is 3.61. The van der Waals surface area contributed by atoms with Crippen molar-refractivity contribution in [1.82, 2.24) is 4.90 Å². The highest BCUT2D eigenvalue weighted by Crippen LogP contribution is 2.30. The number of nitrogens with zero attached hydrogens (tertiary/aromatic N) is 1. The van der Waals surface area contributed by atoms with Gasteiger partial charge in [-0.2, -0.15) is 0 Å². The van der Waals surface area contributed by atoms with Crippen LogP contribution in [0.5, 0.6) is 0 Å². The lowest BCUT2D eigenvalue weighted by atomic mass is 10.1. The minimum atomic E-state index is 0.145. The van der Waals surface area contributed by atoms with Crippen molar-refractivity contribution in [2.45, 2.75) is 33.1 Å². The number of hydrogen-bond donors (Lipinski definition) is 1. The Bertz CT molecular complexity index is 452. The van der Waals surface area contributed by atoms with Gasteiger partial charge in [0.05, 0.1) is 0 Å². The second-order valence-electron chi connectivity index (χ2n) is 5.59. The van der Waals surface area contributed by atoms with Crippen molar-refractivity contribution in [3.63, 3.8) is 0 Å². The van der Waals surface area contributed by atoms with Gasteiger partial charge in [0.15, 0.2) is 0 Å². The van der Waals surface area contributed by atoms with Crippen LogP contribution in [0.3, 0.4) is 0 Å². The Hall–Kier alpha value is -1.51. The zero-order valence-corrected chi connectivity index (χ0v) is 12.2. The first-order valence-electron chi connectivity index (χ1n) is 7.21. The average Bonchev–Trinajstić information content (AvgIpc) is 3.19. The van der Waals surface area contributed by atoms with E-state index in [2.05, 4.69) is 18.3 Å². The monoisotopic (exact) mass is 260 g/mol. The maximum Gasteiger partial charge on any atom is 0.253 e. The van der Waals surface area contributed by atoms with E-state index in [1.165, 1.54) is 12.8 Å². The smallest absolute Gasteiger partial charge is 0.253 e. The molecule has 1 aromatic rings. The van der Waals surface area contributed by atoms with Gasteiger partial charge in [0.25, 0.3) is 5.91 Å². The second-order valence-corrected chi connectivity index (χ2v) is 5.59. The molecule has 0 heterocycles. The molecule has 1 N–H and O–H groups in total. The molecule has 1 saturated carbocycles. The van der Waals surface area contributed by atoms with Crippen LogP contribution >= 0.6 is 0 Å². The summed E-state index contributed by atoms with van der Waals surface area (Å²) in [4.78, 5) is 14.2. The van der Waals surface area contributed by atoms with Gasteiger partial charge in [0.1, 0.15) is 0 Å². The Morgan fingerprint density at radius 3 is 2.74 bits per heavy atom. The van der Waals surface area contributed by atoms with E-state index in [0.29, 0.717) is 0 Å². The number of rotatable bonds is 6. The van der Waals surface area contributed by atoms with Gasteiger partial charge in [-0.05, 0) is 55.9 Å². The number of aryl methyl sites for hydroxylation is 1. The van der Waals surface area contributed by atoms with Crippen LogP contribution in [0.15, 0.2) is 18.2 Å². The van der Waals surface area contributed by atoms with Gasteiger partial charge >= 0.3 is 0 Å². The van der Waals surface area contributed by atoms with Gasteiger partial charge in [-0.3, -0.25) is 4.79 Å². The van der Waals surface area contributed by atoms with Gasteiger partial charge in [0.2, 0.25) is 0 Å². The molecule has 2 rings (SSSR count). The van der Waals surface area contributed by atoms with Crippen LogP contribution in [0.4, 0.5) is 5.69 Å². The maximum absolute atomic E-state index is 12.4. The van der Waals surface area contributed by atoms with E-state index in [1.807, 2.05) is 31.0 Å². The van der Waals surface area contributed by atoms with E-state index >= 15 is 0 Å². The van der Waals surface area contributed by atoms with Crippen molar-refractivity contribution < 1.29 is 4.79 Å². The molecule has 0 radical (unpaired) electrons. The molecule has 1 aromatic carbocycles. The number of benzene rings is 1. The van der Waals surface area contributed by atoms with E-state index in [1.54, 1.807) is 0 Å². The Morgan fingerprint density at radius 1 is 1.42 bits per heavy atom. The minimum Gasteiger partial charge on any atom is -0.385 e. The molecule has 0 unspecified atom stereocenters. The summed E-state index contributed by atoms with van der Waals surface area (Å²) >= 11 is 0. The molecule has 1 aliphatic rings. The van der Waals surface area contributed by atoms with E-state index in [0.717, 1.165) is 42.2 Å². The Kier molecular flexibility index (Phi) is 4.46. The normalized spacial score (nSPS) is 14.3. The standard InChI is InChI=1S/C16H24N2O/c1-4-9-17-14-7-8-15(12(2)10-14)16(19)18(3)11-13-5-6-13/h7-8,10,13,17H,4-6,9,11H2,1-3H3. The number of amides is 1. The third-order valence-corrected chi connectivity index (χ3v) is 3.61. The van der Waals surface area contributed by atoms with Crippen molar-refractivity contribution in [3.05, 3.63) is 29.3 Å². The highest BCUT2D eigenvalue weighted by atomic mass is 16.2. The summed E-state index contributed by atoms with van der Waals surface area (Å²) in [6.07, 6.45) is 3.65. The fourth-order valence-electron chi connectivity index (χ4n) is 2.26. The zero-order valence-electron chi connectivity index (χ0n) is 12.2. The fourth-order valence-corrected chi connectivity index (χ4v) is 2.26. The second kappa shape index (κ2) is 6.09. The van der Waals surface area contributed by atoms with Crippen molar-refractivity contribution in [3.8, 4) is 0 Å². The van der Waals surface area contributed by atoms with E-state index in [-0.39, 0.29) is 5.91 Å². The van der Waals surface area contributed by atoms with E-state index < -0.39 is 0 Å². The van der Waals surface area contributed by atoms with E-state index in [9.17, 15) is 4.79 Å². The number of nitrogens with one attached hydrogen (secondary N) is 1. The van der Waals surface area contributed by atoms with Crippen LogP contribution in [0, 0.1) is 12.8 Å². The summed E-state index contributed by atoms with van der Waals surface area (Å²) < 4.78 is 0. The van der Waals surface area contributed by atoms with Gasteiger partial charge in [-0.25, -0.2) is 0 Å². The molecule has 0 bridgehead atoms. The quantitative estimate of drug-likeness (QED) is 0.851. The van der Waals surface area contributed by atoms with Crippen molar-refractivity contribution in [2.24, 2.45) is 5.92 Å². The molecule has 0 atom stereocenters. The largest absolute Gasteiger partial charge is 0.385 e. The molecular weight excluding hydrogens is 236 g/mol. The van der Waals surface area contributed by atoms with Crippen LogP contribution in [-0.2, 0) is 0 Å². The first-order chi connectivity index (χ1) is 9.11. The lowest BCUT2D eigenvalue weighted by Crippen LogP contribution is -2.29. The Morgan fingerprint density at radius 2 is 2.16 bits per heavy atom. The molecule has 0 spiro atoms. The van der Waals surface area contributed by atoms with Crippen LogP contribution in [0.25, 0.3) is 0 Å². The molecular formula is C16H24N2O. The molecule has 1 amide bonds. The van der Waals surface area contributed by atoms with Gasteiger partial charge in [-0.15, -0.1) is 0 Å². The highest BCUT2D eigenvalue weighted by Gasteiger charge is 2.25. The highest BCUT2D eigenvalue weighted by molar-refractivity contribution is 5.96. The first-order valence-corrected chi connectivity index (χ1v) is 7.21. The maximum atomic E-state index is 12.4. The molecule has 1 aliphatic carbocycles. The van der Waals surface area contributed by atoms with Gasteiger partial charge in [-0.1, -0.05) is 6.92 Å². The summed E-state index contributed by atoms with van der Waals surface area (Å²) in [7, 11) is 1.91. The molecule has 0 aromatic heterocycles. The van der Waals surface area contributed by atoms with Crippen LogP contribution in [-0.4, -0.2) is 30.9 Å². The predicted molar refractivity (Wildman–Crippen MR) is 79.6 cm³/mol. The van der Waals surface area contributed by atoms with Crippen molar-refractivity contribution >= 4 is 11.6 Å². The number of anilines is 1. The fraction of sp³-hybridized carbons (Fsp3) is 0.562. The summed E-state index contributed by atoms with van der Waals surface area (Å²) in [5.41, 5.74) is 2.97. The topological polar surface area (TPSA) is 32.3 Å². The Balaban J connectivity index is 2.04. The third kappa shape index (κ3) is 3.72. The van der Waals surface area contributed by atoms with Gasteiger partial charge < -0.3 is 10.2 Å². The van der Waals surface area contributed by atoms with Crippen LogP contribution < -0.4 is 5.32 Å². The SMILES string of the molecule is CCCNc1ccc(C(=O)N(C)CC2CC2)c(C)c1. The van der Waals surface area contributed by atoms with Crippen molar-refractivity contribution in [2.75, 3.05) is 25.5 Å². The molecule has 104 valence electrons. The Labute approximate surface area is 116 Å². The van der Waals surface area contributed by atoms with Gasteiger partial charge in [0, 0.05) is 31.4 Å². The number of carbonyl (C=O) groups excluding carboxylic acids is 1. The number of carbonyl (C=O) groups is 1. The lowest BCUT2D eigenvalue weighted by molar-refractivity contribution is 0.0788. The van der Waals surface area contributed by atoms with E-state index in [4.69, 9.17) is 0 Å². The summed E-state index contributed by atoms with van der Waals surface area (Å²) in [6.45, 7) is 6.02. The van der Waals surface area contributed by atoms with Crippen molar-refractivity contribution in [1.29, 1.82) is 0 Å². The number of hydrogen-bond acceptors (Lipinski definition) is 2. The minimum absolute atomic E-state index is 0.145. The van der Waals surface area contributed by atoms with Crippen LogP contribution in [0.2, 0.25) is 0 Å². The molecule has 0 aliphatic heterocycles. The molecule has 3 nitrogen and oxygen atoms in total. The molecule has 3 heteroatoms. The first kappa shape index (κ1) is 13.9. The summed E-state index contributed by atoms with van der Waals surface area (Å²) in [5.74, 6) is 0.881. The van der Waals surface area contributed by atoms with Crippen LogP contribution in [0.1, 0.15) is 42.1 Å². The zero-order chi connectivity index (χ0) is 13.8. The summed E-state index contributed by atoms with van der Waals surface area (Å²) in [6, 6.07) is 6.01.